The summed E-state index contributed by atoms with van der Waals surface area (Å²) in [6, 6.07) is 5.67. The minimum Gasteiger partial charge on any atom is -0.490 e. The van der Waals surface area contributed by atoms with Gasteiger partial charge in [-0.05, 0) is 50.6 Å². The van der Waals surface area contributed by atoms with Crippen LogP contribution in [0.1, 0.15) is 28.9 Å². The fourth-order valence-electron chi connectivity index (χ4n) is 3.27. The number of ether oxygens (including phenoxy) is 1. The topological polar surface area (TPSA) is 54.7 Å². The maximum Gasteiger partial charge on any atom is 0.352 e. The van der Waals surface area contributed by atoms with Crippen LogP contribution in [0.5, 0.6) is 5.75 Å². The summed E-state index contributed by atoms with van der Waals surface area (Å²) in [6.45, 7) is 4.11. The third-order valence-corrected chi connectivity index (χ3v) is 4.48. The normalized spacial score (nSPS) is 17.0. The lowest BCUT2D eigenvalue weighted by Gasteiger charge is -2.29. The van der Waals surface area contributed by atoms with Crippen LogP contribution in [-0.4, -0.2) is 46.8 Å². The van der Waals surface area contributed by atoms with Gasteiger partial charge in [0.05, 0.1) is 5.52 Å². The average molecular weight is 302 g/mol. The zero-order chi connectivity index (χ0) is 15.9. The number of carboxylic acids is 1. The van der Waals surface area contributed by atoms with Gasteiger partial charge in [-0.2, -0.15) is 0 Å². The molecule has 118 valence electrons. The first kappa shape index (κ1) is 14.9. The van der Waals surface area contributed by atoms with Crippen LogP contribution in [0.4, 0.5) is 0 Å². The van der Waals surface area contributed by atoms with E-state index in [1.54, 1.807) is 17.7 Å². The molecule has 0 unspecified atom stereocenters. The van der Waals surface area contributed by atoms with Gasteiger partial charge < -0.3 is 19.3 Å². The van der Waals surface area contributed by atoms with E-state index in [1.807, 2.05) is 19.1 Å². The van der Waals surface area contributed by atoms with Gasteiger partial charge in [0.2, 0.25) is 0 Å². The van der Waals surface area contributed by atoms with Gasteiger partial charge in [0.25, 0.3) is 0 Å². The molecule has 0 radical (unpaired) electrons. The maximum absolute atomic E-state index is 11.3. The number of aromatic nitrogens is 1. The van der Waals surface area contributed by atoms with Crippen molar-refractivity contribution >= 4 is 16.9 Å². The lowest BCUT2D eigenvalue weighted by molar-refractivity contribution is 0.0687. The van der Waals surface area contributed by atoms with Crippen molar-refractivity contribution in [2.75, 3.05) is 20.1 Å². The number of rotatable bonds is 3. The predicted octanol–water partition coefficient (Wildman–Crippen LogP) is 2.66. The molecule has 5 heteroatoms. The van der Waals surface area contributed by atoms with Crippen LogP contribution >= 0.6 is 0 Å². The van der Waals surface area contributed by atoms with Crippen molar-refractivity contribution in [1.29, 1.82) is 0 Å². The molecule has 2 aromatic rings. The third-order valence-electron chi connectivity index (χ3n) is 4.48. The van der Waals surface area contributed by atoms with E-state index in [9.17, 15) is 9.90 Å². The summed E-state index contributed by atoms with van der Waals surface area (Å²) >= 11 is 0. The molecule has 3 rings (SSSR count). The van der Waals surface area contributed by atoms with E-state index in [0.717, 1.165) is 48.1 Å². The highest BCUT2D eigenvalue weighted by Gasteiger charge is 2.19. The third kappa shape index (κ3) is 2.68. The molecular weight excluding hydrogens is 280 g/mol. The highest BCUT2D eigenvalue weighted by atomic mass is 16.5. The van der Waals surface area contributed by atoms with Gasteiger partial charge in [-0.25, -0.2) is 4.79 Å². The molecule has 1 N–H and O–H groups in total. The second-order valence-corrected chi connectivity index (χ2v) is 6.19. The number of hydrogen-bond acceptors (Lipinski definition) is 3. The SMILES string of the molecule is Cc1cc(OC2CCN(C)CC2)cc2cc(C(=O)O)n(C)c12. The van der Waals surface area contributed by atoms with Crippen LogP contribution in [0.2, 0.25) is 0 Å². The Labute approximate surface area is 130 Å². The largest absolute Gasteiger partial charge is 0.490 e. The number of aryl methyl sites for hydroxylation is 2. The maximum atomic E-state index is 11.3. The van der Waals surface area contributed by atoms with Crippen LogP contribution in [-0.2, 0) is 7.05 Å². The first-order chi connectivity index (χ1) is 10.5. The fraction of sp³-hybridized carbons (Fsp3) is 0.471. The Morgan fingerprint density at radius 3 is 2.55 bits per heavy atom. The van der Waals surface area contributed by atoms with Crippen molar-refractivity contribution in [2.45, 2.75) is 25.9 Å². The number of likely N-dealkylation sites (tertiary alicyclic amines) is 1. The first-order valence-electron chi connectivity index (χ1n) is 7.64. The molecule has 22 heavy (non-hydrogen) atoms. The van der Waals surface area contributed by atoms with Crippen LogP contribution < -0.4 is 4.74 Å². The van der Waals surface area contributed by atoms with Gasteiger partial charge in [0.1, 0.15) is 17.5 Å². The lowest BCUT2D eigenvalue weighted by atomic mass is 10.1. The quantitative estimate of drug-likeness (QED) is 0.947. The van der Waals surface area contributed by atoms with Crippen molar-refractivity contribution in [3.8, 4) is 5.75 Å². The molecule has 0 bridgehead atoms. The zero-order valence-electron chi connectivity index (χ0n) is 13.3. The Bertz CT molecular complexity index is 712. The summed E-state index contributed by atoms with van der Waals surface area (Å²) in [5.74, 6) is -0.0713. The van der Waals surface area contributed by atoms with Crippen LogP contribution in [0.3, 0.4) is 0 Å². The van der Waals surface area contributed by atoms with Crippen molar-refractivity contribution < 1.29 is 14.6 Å². The summed E-state index contributed by atoms with van der Waals surface area (Å²) in [4.78, 5) is 13.6. The van der Waals surface area contributed by atoms with E-state index in [4.69, 9.17) is 4.74 Å². The molecule has 1 aromatic carbocycles. The van der Waals surface area contributed by atoms with Crippen molar-refractivity contribution in [3.63, 3.8) is 0 Å². The second kappa shape index (κ2) is 5.65. The number of carboxylic acid groups (broad SMARTS) is 1. The molecule has 0 saturated carbocycles. The van der Waals surface area contributed by atoms with E-state index in [0.29, 0.717) is 5.69 Å². The fourth-order valence-corrected chi connectivity index (χ4v) is 3.27. The van der Waals surface area contributed by atoms with E-state index < -0.39 is 5.97 Å². The van der Waals surface area contributed by atoms with Crippen molar-refractivity contribution in [2.24, 2.45) is 7.05 Å². The standard InChI is InChI=1S/C17H22N2O3/c1-11-8-14(22-13-4-6-18(2)7-5-13)9-12-10-15(17(20)21)19(3)16(11)12/h8-10,13H,4-7H2,1-3H3,(H,20,21). The molecule has 1 aliphatic rings. The van der Waals surface area contributed by atoms with E-state index in [1.165, 1.54) is 0 Å². The minimum atomic E-state index is -0.907. The molecule has 1 aliphatic heterocycles. The van der Waals surface area contributed by atoms with E-state index >= 15 is 0 Å². The molecule has 1 aromatic heterocycles. The van der Waals surface area contributed by atoms with Gasteiger partial charge in [0.15, 0.2) is 0 Å². The molecular formula is C17H22N2O3. The molecule has 0 spiro atoms. The number of piperidine rings is 1. The molecule has 5 nitrogen and oxygen atoms in total. The smallest absolute Gasteiger partial charge is 0.352 e. The number of benzene rings is 1. The Kier molecular flexibility index (Phi) is 3.83. The van der Waals surface area contributed by atoms with Gasteiger partial charge in [0, 0.05) is 25.5 Å². The van der Waals surface area contributed by atoms with Crippen LogP contribution in [0.15, 0.2) is 18.2 Å². The van der Waals surface area contributed by atoms with Gasteiger partial charge in [-0.3, -0.25) is 0 Å². The molecule has 0 atom stereocenters. The summed E-state index contributed by atoms with van der Waals surface area (Å²) in [7, 11) is 3.92. The highest BCUT2D eigenvalue weighted by molar-refractivity contribution is 5.96. The van der Waals surface area contributed by atoms with Gasteiger partial charge in [-0.1, -0.05) is 0 Å². The van der Waals surface area contributed by atoms with Gasteiger partial charge in [-0.15, -0.1) is 0 Å². The lowest BCUT2D eigenvalue weighted by Crippen LogP contribution is -2.35. The van der Waals surface area contributed by atoms with Gasteiger partial charge >= 0.3 is 5.97 Å². The molecule has 0 aliphatic carbocycles. The monoisotopic (exact) mass is 302 g/mol. The Hall–Kier alpha value is -2.01. The Morgan fingerprint density at radius 2 is 1.91 bits per heavy atom. The number of nitrogens with zero attached hydrogens (tertiary/aromatic N) is 2. The molecule has 0 amide bonds. The minimum absolute atomic E-state index is 0.246. The van der Waals surface area contributed by atoms with Crippen LogP contribution in [0.25, 0.3) is 10.9 Å². The Morgan fingerprint density at radius 1 is 1.23 bits per heavy atom. The Balaban J connectivity index is 1.90. The average Bonchev–Trinajstić information content (AvgIpc) is 2.79. The molecule has 1 fully saturated rings. The predicted molar refractivity (Wildman–Crippen MR) is 85.8 cm³/mol. The van der Waals surface area contributed by atoms with E-state index in [-0.39, 0.29) is 6.10 Å². The van der Waals surface area contributed by atoms with Crippen molar-refractivity contribution in [3.05, 3.63) is 29.5 Å². The summed E-state index contributed by atoms with van der Waals surface area (Å²) in [5, 5.41) is 10.2. The first-order valence-corrected chi connectivity index (χ1v) is 7.64. The van der Waals surface area contributed by atoms with E-state index in [2.05, 4.69) is 11.9 Å². The second-order valence-electron chi connectivity index (χ2n) is 6.19. The summed E-state index contributed by atoms with van der Waals surface area (Å²) < 4.78 is 7.85. The zero-order valence-corrected chi connectivity index (χ0v) is 13.3. The number of aromatic carboxylic acids is 1. The molecule has 1 saturated heterocycles. The molecule has 2 heterocycles. The summed E-state index contributed by atoms with van der Waals surface area (Å²) in [6.07, 6.45) is 2.31. The number of carbonyl (C=O) groups is 1. The summed E-state index contributed by atoms with van der Waals surface area (Å²) in [5.41, 5.74) is 2.29. The highest BCUT2D eigenvalue weighted by Crippen LogP contribution is 2.29. The van der Waals surface area contributed by atoms with Crippen LogP contribution in [0, 0.1) is 6.92 Å². The van der Waals surface area contributed by atoms with Crippen molar-refractivity contribution in [1.82, 2.24) is 9.47 Å². The number of fused-ring (bicyclic) bond motifs is 1. The number of hydrogen-bond donors (Lipinski definition) is 1.